The maximum absolute atomic E-state index is 13.3. The van der Waals surface area contributed by atoms with E-state index in [1.54, 1.807) is 21.1 Å². The molecule has 0 spiro atoms. The highest BCUT2D eigenvalue weighted by molar-refractivity contribution is 7.10. The molecule has 2 aliphatic rings. The van der Waals surface area contributed by atoms with E-state index in [2.05, 4.69) is 0 Å². The van der Waals surface area contributed by atoms with Gasteiger partial charge < -0.3 is 14.5 Å². The Morgan fingerprint density at radius 1 is 1.18 bits per heavy atom. The highest BCUT2D eigenvalue weighted by Crippen LogP contribution is 2.36. The van der Waals surface area contributed by atoms with Crippen molar-refractivity contribution in [1.82, 2.24) is 4.90 Å². The summed E-state index contributed by atoms with van der Waals surface area (Å²) in [6.07, 6.45) is 0.877. The van der Waals surface area contributed by atoms with Gasteiger partial charge in [0.25, 0.3) is 0 Å². The lowest BCUT2D eigenvalue weighted by Crippen LogP contribution is -2.46. The molecular formula is C21H22N2O4S. The van der Waals surface area contributed by atoms with Crippen molar-refractivity contribution in [2.24, 2.45) is 5.92 Å². The fourth-order valence-corrected chi connectivity index (χ4v) is 4.91. The van der Waals surface area contributed by atoms with E-state index >= 15 is 0 Å². The number of methoxy groups -OCH3 is 1. The van der Waals surface area contributed by atoms with Crippen LogP contribution in [0.2, 0.25) is 0 Å². The molecule has 0 N–H and O–H groups in total. The monoisotopic (exact) mass is 398 g/mol. The largest absolute Gasteiger partial charge is 0.467 e. The standard InChI is InChI=1S/C21H22N2O4S/c1-13-3-5-15(6-4-13)23-12-14(11-18(23)24)20(25)22-9-7-17-16(8-10-28-17)19(22)21(26)27-2/h3-6,8,10,14,19H,7,9,11-12H2,1-2H3. The number of hydrogen-bond acceptors (Lipinski definition) is 5. The Labute approximate surface area is 167 Å². The summed E-state index contributed by atoms with van der Waals surface area (Å²) in [6.45, 7) is 2.78. The number of aryl methyl sites for hydroxylation is 1. The minimum atomic E-state index is -0.726. The first-order valence-corrected chi connectivity index (χ1v) is 10.2. The van der Waals surface area contributed by atoms with Crippen LogP contribution in [0.1, 0.15) is 28.5 Å². The number of amides is 2. The molecule has 0 bridgehead atoms. The van der Waals surface area contributed by atoms with Crippen LogP contribution in [0.15, 0.2) is 35.7 Å². The van der Waals surface area contributed by atoms with Gasteiger partial charge in [-0.2, -0.15) is 0 Å². The van der Waals surface area contributed by atoms with Crippen LogP contribution in [0.4, 0.5) is 5.69 Å². The number of ether oxygens (including phenoxy) is 1. The minimum absolute atomic E-state index is 0.0648. The van der Waals surface area contributed by atoms with Crippen molar-refractivity contribution in [1.29, 1.82) is 0 Å². The van der Waals surface area contributed by atoms with Gasteiger partial charge in [-0.1, -0.05) is 17.7 Å². The average Bonchev–Trinajstić information content (AvgIpc) is 3.33. The van der Waals surface area contributed by atoms with E-state index < -0.39 is 17.9 Å². The lowest BCUT2D eigenvalue weighted by Gasteiger charge is -2.35. The van der Waals surface area contributed by atoms with Crippen LogP contribution in [0.5, 0.6) is 0 Å². The first-order chi connectivity index (χ1) is 13.5. The maximum Gasteiger partial charge on any atom is 0.333 e. The number of nitrogens with zero attached hydrogens (tertiary/aromatic N) is 2. The Morgan fingerprint density at radius 2 is 1.93 bits per heavy atom. The third-order valence-corrected chi connectivity index (χ3v) is 6.49. The molecule has 1 saturated heterocycles. The van der Waals surface area contributed by atoms with Crippen molar-refractivity contribution < 1.29 is 19.1 Å². The van der Waals surface area contributed by atoms with Gasteiger partial charge in [0.2, 0.25) is 11.8 Å². The molecule has 28 heavy (non-hydrogen) atoms. The normalized spacial score (nSPS) is 21.6. The maximum atomic E-state index is 13.3. The van der Waals surface area contributed by atoms with Crippen molar-refractivity contribution in [3.8, 4) is 0 Å². The number of carbonyl (C=O) groups excluding carboxylic acids is 3. The predicted octanol–water partition coefficient (Wildman–Crippen LogP) is 2.71. The van der Waals surface area contributed by atoms with Gasteiger partial charge in [-0.3, -0.25) is 9.59 Å². The third-order valence-electron chi connectivity index (χ3n) is 5.49. The third kappa shape index (κ3) is 3.20. The van der Waals surface area contributed by atoms with Crippen LogP contribution in [-0.4, -0.2) is 42.9 Å². The second kappa shape index (κ2) is 7.39. The fourth-order valence-electron chi connectivity index (χ4n) is 4.00. The Balaban J connectivity index is 1.56. The number of hydrogen-bond donors (Lipinski definition) is 0. The molecule has 3 heterocycles. The van der Waals surface area contributed by atoms with Crippen molar-refractivity contribution in [2.45, 2.75) is 25.8 Å². The molecule has 4 rings (SSSR count). The summed E-state index contributed by atoms with van der Waals surface area (Å²) in [4.78, 5) is 42.7. The summed E-state index contributed by atoms with van der Waals surface area (Å²) in [7, 11) is 1.34. The summed E-state index contributed by atoms with van der Waals surface area (Å²) in [5.41, 5.74) is 2.76. The van der Waals surface area contributed by atoms with Crippen LogP contribution < -0.4 is 4.90 Å². The lowest BCUT2D eigenvalue weighted by atomic mass is 9.97. The van der Waals surface area contributed by atoms with Crippen molar-refractivity contribution in [3.63, 3.8) is 0 Å². The van der Waals surface area contributed by atoms with E-state index in [4.69, 9.17) is 4.74 Å². The van der Waals surface area contributed by atoms with E-state index in [1.165, 1.54) is 7.11 Å². The number of anilines is 1. The number of carbonyl (C=O) groups is 3. The number of benzene rings is 1. The molecule has 7 heteroatoms. The van der Waals surface area contributed by atoms with E-state index in [1.807, 2.05) is 42.6 Å². The van der Waals surface area contributed by atoms with E-state index in [9.17, 15) is 14.4 Å². The Bertz CT molecular complexity index is 921. The molecule has 2 unspecified atom stereocenters. The molecule has 6 nitrogen and oxygen atoms in total. The Hall–Kier alpha value is -2.67. The number of esters is 1. The summed E-state index contributed by atoms with van der Waals surface area (Å²) >= 11 is 1.59. The molecule has 1 aromatic heterocycles. The first kappa shape index (κ1) is 18.7. The molecule has 1 fully saturated rings. The SMILES string of the molecule is COC(=O)C1c2ccsc2CCN1C(=O)C1CC(=O)N(c2ccc(C)cc2)C1. The van der Waals surface area contributed by atoms with Crippen molar-refractivity contribution >= 4 is 34.8 Å². The van der Waals surface area contributed by atoms with Crippen LogP contribution in [0.3, 0.4) is 0 Å². The Morgan fingerprint density at radius 3 is 2.64 bits per heavy atom. The zero-order valence-electron chi connectivity index (χ0n) is 15.9. The molecular weight excluding hydrogens is 376 g/mol. The molecule has 1 aromatic carbocycles. The van der Waals surface area contributed by atoms with Gasteiger partial charge in [0, 0.05) is 30.1 Å². The quantitative estimate of drug-likeness (QED) is 0.746. The molecule has 2 aromatic rings. The van der Waals surface area contributed by atoms with Crippen LogP contribution in [-0.2, 0) is 25.5 Å². The summed E-state index contributed by atoms with van der Waals surface area (Å²) < 4.78 is 4.98. The minimum Gasteiger partial charge on any atom is -0.467 e. The molecule has 0 radical (unpaired) electrons. The number of thiophene rings is 1. The van der Waals surface area contributed by atoms with Gasteiger partial charge in [0.1, 0.15) is 0 Å². The van der Waals surface area contributed by atoms with Gasteiger partial charge in [-0.25, -0.2) is 4.79 Å². The van der Waals surface area contributed by atoms with E-state index in [0.717, 1.165) is 21.7 Å². The molecule has 2 amide bonds. The molecule has 2 aliphatic heterocycles. The average molecular weight is 398 g/mol. The fraction of sp³-hybridized carbons (Fsp3) is 0.381. The lowest BCUT2D eigenvalue weighted by molar-refractivity contribution is -0.155. The number of fused-ring (bicyclic) bond motifs is 1. The number of rotatable bonds is 3. The van der Waals surface area contributed by atoms with E-state index in [0.29, 0.717) is 19.5 Å². The highest BCUT2D eigenvalue weighted by atomic mass is 32.1. The zero-order valence-corrected chi connectivity index (χ0v) is 16.7. The summed E-state index contributed by atoms with van der Waals surface area (Å²) in [5, 5.41) is 1.94. The van der Waals surface area contributed by atoms with Gasteiger partial charge >= 0.3 is 5.97 Å². The first-order valence-electron chi connectivity index (χ1n) is 9.31. The predicted molar refractivity (Wildman–Crippen MR) is 106 cm³/mol. The second-order valence-electron chi connectivity index (χ2n) is 7.25. The molecule has 146 valence electrons. The van der Waals surface area contributed by atoms with E-state index in [-0.39, 0.29) is 18.2 Å². The molecule has 2 atom stereocenters. The van der Waals surface area contributed by atoms with Gasteiger partial charge in [0.05, 0.1) is 13.0 Å². The van der Waals surface area contributed by atoms with Crippen molar-refractivity contribution in [3.05, 3.63) is 51.7 Å². The van der Waals surface area contributed by atoms with Crippen LogP contribution in [0.25, 0.3) is 0 Å². The highest BCUT2D eigenvalue weighted by Gasteiger charge is 2.43. The Kier molecular flexibility index (Phi) is 4.93. The van der Waals surface area contributed by atoms with Crippen LogP contribution in [0, 0.1) is 12.8 Å². The summed E-state index contributed by atoms with van der Waals surface area (Å²) in [5.74, 6) is -1.12. The topological polar surface area (TPSA) is 66.9 Å². The smallest absolute Gasteiger partial charge is 0.333 e. The van der Waals surface area contributed by atoms with Gasteiger partial charge in [-0.05, 0) is 42.5 Å². The summed E-state index contributed by atoms with van der Waals surface area (Å²) in [6, 6.07) is 8.86. The van der Waals surface area contributed by atoms with Gasteiger partial charge in [-0.15, -0.1) is 11.3 Å². The molecule has 0 saturated carbocycles. The zero-order chi connectivity index (χ0) is 19.8. The van der Waals surface area contributed by atoms with Crippen LogP contribution >= 0.6 is 11.3 Å². The second-order valence-corrected chi connectivity index (χ2v) is 8.25. The molecule has 0 aliphatic carbocycles. The van der Waals surface area contributed by atoms with Crippen molar-refractivity contribution in [2.75, 3.05) is 25.1 Å². The van der Waals surface area contributed by atoms with Gasteiger partial charge in [0.15, 0.2) is 6.04 Å².